The Morgan fingerprint density at radius 1 is 1.30 bits per heavy atom. The summed E-state index contributed by atoms with van der Waals surface area (Å²) in [7, 11) is 1.46. The molecule has 2 rings (SSSR count). The summed E-state index contributed by atoms with van der Waals surface area (Å²) < 4.78 is 12.9. The van der Waals surface area contributed by atoms with E-state index in [9.17, 15) is 14.0 Å². The second-order valence-corrected chi connectivity index (χ2v) is 4.89. The fraction of sp³-hybridized carbons (Fsp3) is 0.429. The fourth-order valence-electron chi connectivity index (χ4n) is 1.99. The average molecular weight is 279 g/mol. The molecule has 1 fully saturated rings. The molecule has 0 unspecified atom stereocenters. The number of halogens is 1. The van der Waals surface area contributed by atoms with Gasteiger partial charge in [0.1, 0.15) is 5.82 Å². The van der Waals surface area contributed by atoms with Crippen LogP contribution in [0.2, 0.25) is 0 Å². The molecule has 3 amide bonds. The Kier molecular flexibility index (Phi) is 4.68. The van der Waals surface area contributed by atoms with Gasteiger partial charge in [-0.3, -0.25) is 15.0 Å². The van der Waals surface area contributed by atoms with Gasteiger partial charge in [-0.1, -0.05) is 12.1 Å². The zero-order valence-electron chi connectivity index (χ0n) is 11.4. The van der Waals surface area contributed by atoms with Gasteiger partial charge in [0.25, 0.3) is 0 Å². The molecule has 2 N–H and O–H groups in total. The minimum atomic E-state index is -0.507. The summed E-state index contributed by atoms with van der Waals surface area (Å²) in [5, 5.41) is 4.59. The first-order chi connectivity index (χ1) is 9.58. The van der Waals surface area contributed by atoms with Crippen LogP contribution < -0.4 is 10.6 Å². The molecule has 6 heteroatoms. The van der Waals surface area contributed by atoms with E-state index < -0.39 is 6.03 Å². The van der Waals surface area contributed by atoms with Crippen molar-refractivity contribution in [3.05, 3.63) is 35.6 Å². The van der Waals surface area contributed by atoms with E-state index in [1.165, 1.54) is 19.2 Å². The number of imide groups is 1. The second-order valence-electron chi connectivity index (χ2n) is 4.89. The van der Waals surface area contributed by atoms with Gasteiger partial charge in [0.2, 0.25) is 5.91 Å². The highest BCUT2D eigenvalue weighted by atomic mass is 19.1. The Morgan fingerprint density at radius 2 is 1.95 bits per heavy atom. The van der Waals surface area contributed by atoms with Crippen LogP contribution in [-0.2, 0) is 11.3 Å². The van der Waals surface area contributed by atoms with Crippen molar-refractivity contribution in [2.45, 2.75) is 25.4 Å². The molecule has 0 saturated heterocycles. The van der Waals surface area contributed by atoms with Crippen LogP contribution >= 0.6 is 0 Å². The van der Waals surface area contributed by atoms with Crippen LogP contribution in [-0.4, -0.2) is 36.5 Å². The highest BCUT2D eigenvalue weighted by Crippen LogP contribution is 2.28. The first-order valence-electron chi connectivity index (χ1n) is 6.58. The van der Waals surface area contributed by atoms with Crippen molar-refractivity contribution < 1.29 is 14.0 Å². The predicted octanol–water partition coefficient (Wildman–Crippen LogP) is 1.25. The molecular weight excluding hydrogens is 261 g/mol. The maximum Gasteiger partial charge on any atom is 0.321 e. The second kappa shape index (κ2) is 6.47. The largest absolute Gasteiger partial charge is 0.341 e. The summed E-state index contributed by atoms with van der Waals surface area (Å²) in [6.07, 6.45) is 2.10. The fourth-order valence-corrected chi connectivity index (χ4v) is 1.99. The number of benzene rings is 1. The van der Waals surface area contributed by atoms with Gasteiger partial charge in [0.05, 0.1) is 6.54 Å². The third-order valence-electron chi connectivity index (χ3n) is 3.19. The first kappa shape index (κ1) is 14.5. The number of nitrogens with one attached hydrogen (secondary N) is 2. The molecule has 1 aromatic rings. The van der Waals surface area contributed by atoms with Gasteiger partial charge in [0, 0.05) is 19.6 Å². The van der Waals surface area contributed by atoms with Gasteiger partial charge in [-0.25, -0.2) is 9.18 Å². The van der Waals surface area contributed by atoms with Crippen molar-refractivity contribution >= 4 is 11.9 Å². The smallest absolute Gasteiger partial charge is 0.321 e. The number of nitrogens with zero attached hydrogens (tertiary/aromatic N) is 1. The van der Waals surface area contributed by atoms with E-state index in [-0.39, 0.29) is 18.3 Å². The lowest BCUT2D eigenvalue weighted by atomic mass is 10.2. The van der Waals surface area contributed by atoms with Crippen LogP contribution in [0.25, 0.3) is 0 Å². The minimum absolute atomic E-state index is 0.162. The van der Waals surface area contributed by atoms with Crippen molar-refractivity contribution in [3.8, 4) is 0 Å². The molecule has 1 aliphatic carbocycles. The van der Waals surface area contributed by atoms with Gasteiger partial charge in [-0.05, 0) is 30.5 Å². The molecule has 0 atom stereocenters. The molecule has 0 aromatic heterocycles. The maximum absolute atomic E-state index is 12.9. The summed E-state index contributed by atoms with van der Waals surface area (Å²) in [6, 6.07) is 6.10. The van der Waals surface area contributed by atoms with E-state index in [0.29, 0.717) is 12.6 Å². The maximum atomic E-state index is 12.9. The lowest BCUT2D eigenvalue weighted by Crippen LogP contribution is -2.43. The van der Waals surface area contributed by atoms with E-state index in [0.717, 1.165) is 18.4 Å². The Morgan fingerprint density at radius 3 is 2.50 bits per heavy atom. The molecule has 0 aliphatic heterocycles. The molecule has 1 aromatic carbocycles. The Labute approximate surface area is 117 Å². The zero-order valence-corrected chi connectivity index (χ0v) is 11.4. The Bertz CT molecular complexity index is 486. The molecule has 0 spiro atoms. The Hall–Kier alpha value is -1.95. The topological polar surface area (TPSA) is 61.4 Å². The summed E-state index contributed by atoms with van der Waals surface area (Å²) >= 11 is 0. The molecule has 5 nitrogen and oxygen atoms in total. The normalized spacial score (nSPS) is 14.2. The number of carbonyl (C=O) groups is 2. The minimum Gasteiger partial charge on any atom is -0.341 e. The summed E-state index contributed by atoms with van der Waals surface area (Å²) in [4.78, 5) is 24.8. The molecule has 0 radical (unpaired) electrons. The standard InChI is InChI=1S/C14H18FN3O2/c1-16-14(20)17-13(19)9-18(12-6-7-12)8-10-2-4-11(15)5-3-10/h2-5,12H,6-9H2,1H3,(H2,16,17,19,20). The van der Waals surface area contributed by atoms with Crippen molar-refractivity contribution in [3.63, 3.8) is 0 Å². The molecule has 1 aliphatic rings. The summed E-state index contributed by atoms with van der Waals surface area (Å²) in [5.41, 5.74) is 0.950. The first-order valence-corrected chi connectivity index (χ1v) is 6.58. The number of urea groups is 1. The van der Waals surface area contributed by atoms with Gasteiger partial charge >= 0.3 is 6.03 Å². The van der Waals surface area contributed by atoms with E-state index in [1.54, 1.807) is 12.1 Å². The molecule has 1 saturated carbocycles. The molecule has 0 bridgehead atoms. The number of amides is 3. The van der Waals surface area contributed by atoms with Gasteiger partial charge < -0.3 is 5.32 Å². The highest BCUT2D eigenvalue weighted by Gasteiger charge is 2.30. The number of hydrogen-bond donors (Lipinski definition) is 2. The third kappa shape index (κ3) is 4.31. The van der Waals surface area contributed by atoms with Crippen molar-refractivity contribution in [1.29, 1.82) is 0 Å². The Balaban J connectivity index is 1.92. The lowest BCUT2D eigenvalue weighted by Gasteiger charge is -2.21. The van der Waals surface area contributed by atoms with Crippen LogP contribution in [0.15, 0.2) is 24.3 Å². The number of rotatable bonds is 5. The van der Waals surface area contributed by atoms with Crippen molar-refractivity contribution in [2.75, 3.05) is 13.6 Å². The van der Waals surface area contributed by atoms with Crippen LogP contribution in [0.5, 0.6) is 0 Å². The van der Waals surface area contributed by atoms with Crippen LogP contribution in [0.4, 0.5) is 9.18 Å². The average Bonchev–Trinajstić information content (AvgIpc) is 3.24. The number of hydrogen-bond acceptors (Lipinski definition) is 3. The van der Waals surface area contributed by atoms with Gasteiger partial charge in [-0.15, -0.1) is 0 Å². The van der Waals surface area contributed by atoms with Crippen molar-refractivity contribution in [2.24, 2.45) is 0 Å². The van der Waals surface area contributed by atoms with Crippen LogP contribution in [0.1, 0.15) is 18.4 Å². The quantitative estimate of drug-likeness (QED) is 0.852. The lowest BCUT2D eigenvalue weighted by molar-refractivity contribution is -0.121. The van der Waals surface area contributed by atoms with Crippen molar-refractivity contribution in [1.82, 2.24) is 15.5 Å². The van der Waals surface area contributed by atoms with Crippen LogP contribution in [0, 0.1) is 5.82 Å². The third-order valence-corrected chi connectivity index (χ3v) is 3.19. The van der Waals surface area contributed by atoms with E-state index in [4.69, 9.17) is 0 Å². The molecular formula is C14H18FN3O2. The molecule has 20 heavy (non-hydrogen) atoms. The molecule has 0 heterocycles. The van der Waals surface area contributed by atoms with E-state index in [1.807, 2.05) is 4.90 Å². The van der Waals surface area contributed by atoms with E-state index >= 15 is 0 Å². The predicted molar refractivity (Wildman–Crippen MR) is 72.4 cm³/mol. The van der Waals surface area contributed by atoms with Gasteiger partial charge in [0.15, 0.2) is 0 Å². The number of carbonyl (C=O) groups excluding carboxylic acids is 2. The monoisotopic (exact) mass is 279 g/mol. The zero-order chi connectivity index (χ0) is 14.5. The highest BCUT2D eigenvalue weighted by molar-refractivity contribution is 5.95. The SMILES string of the molecule is CNC(=O)NC(=O)CN(Cc1ccc(F)cc1)C1CC1. The molecule has 108 valence electrons. The van der Waals surface area contributed by atoms with Crippen LogP contribution in [0.3, 0.4) is 0 Å². The summed E-state index contributed by atoms with van der Waals surface area (Å²) in [6.45, 7) is 0.738. The summed E-state index contributed by atoms with van der Waals surface area (Å²) in [5.74, 6) is -0.609. The van der Waals surface area contributed by atoms with E-state index in [2.05, 4.69) is 10.6 Å². The van der Waals surface area contributed by atoms with Gasteiger partial charge in [-0.2, -0.15) is 0 Å².